The molecule has 0 aromatic heterocycles. The van der Waals surface area contributed by atoms with Crippen molar-refractivity contribution in [3.63, 3.8) is 0 Å². The van der Waals surface area contributed by atoms with Crippen LogP contribution in [0.3, 0.4) is 0 Å². The van der Waals surface area contributed by atoms with Gasteiger partial charge in [0.25, 0.3) is 0 Å². The summed E-state index contributed by atoms with van der Waals surface area (Å²) in [7, 11) is 0. The highest BCUT2D eigenvalue weighted by molar-refractivity contribution is 5.90. The van der Waals surface area contributed by atoms with E-state index in [0.717, 1.165) is 5.56 Å². The Morgan fingerprint density at radius 1 is 1.20 bits per heavy atom. The number of anilines is 1. The summed E-state index contributed by atoms with van der Waals surface area (Å²) in [5, 5.41) is 12.0. The third-order valence-corrected chi connectivity index (χ3v) is 3.90. The van der Waals surface area contributed by atoms with Gasteiger partial charge in [0.15, 0.2) is 0 Å². The Morgan fingerprint density at radius 2 is 1.75 bits per heavy atom. The second-order valence-corrected chi connectivity index (χ2v) is 5.07. The fourth-order valence-electron chi connectivity index (χ4n) is 2.34. The number of hydrogen-bond acceptors (Lipinski definition) is 2. The minimum Gasteiger partial charge on any atom is -0.481 e. The van der Waals surface area contributed by atoms with Crippen LogP contribution in [0.5, 0.6) is 0 Å². The van der Waals surface area contributed by atoms with Gasteiger partial charge >= 0.3 is 12.0 Å². The number of amides is 2. The zero-order valence-electron chi connectivity index (χ0n) is 11.8. The maximum Gasteiger partial charge on any atom is 0.321 e. The summed E-state index contributed by atoms with van der Waals surface area (Å²) in [5.74, 6) is -0.766. The molecule has 0 spiro atoms. The minimum absolute atomic E-state index is 0.137. The largest absolute Gasteiger partial charge is 0.481 e. The van der Waals surface area contributed by atoms with Crippen molar-refractivity contribution in [3.05, 3.63) is 29.8 Å². The number of benzene rings is 1. The molecule has 20 heavy (non-hydrogen) atoms. The normalized spacial score (nSPS) is 15.5. The van der Waals surface area contributed by atoms with E-state index < -0.39 is 11.4 Å². The smallest absolute Gasteiger partial charge is 0.321 e. The van der Waals surface area contributed by atoms with Crippen LogP contribution in [-0.4, -0.2) is 35.1 Å². The van der Waals surface area contributed by atoms with Gasteiger partial charge in [-0.1, -0.05) is 12.1 Å². The first kappa shape index (κ1) is 14.4. The molecule has 1 fully saturated rings. The van der Waals surface area contributed by atoms with E-state index in [1.165, 1.54) is 0 Å². The summed E-state index contributed by atoms with van der Waals surface area (Å²) >= 11 is 0. The van der Waals surface area contributed by atoms with Crippen molar-refractivity contribution in [3.8, 4) is 0 Å². The summed E-state index contributed by atoms with van der Waals surface area (Å²) in [6, 6.07) is 6.97. The SMILES string of the molecule is CCN(CC)C(=O)Nc1ccc(C2(C(=O)O)CC2)cc1. The first-order valence-corrected chi connectivity index (χ1v) is 6.93. The zero-order chi connectivity index (χ0) is 14.8. The molecule has 1 aromatic rings. The molecule has 2 rings (SSSR count). The second-order valence-electron chi connectivity index (χ2n) is 5.07. The Kier molecular flexibility index (Phi) is 3.97. The van der Waals surface area contributed by atoms with Crippen molar-refractivity contribution in [1.82, 2.24) is 4.90 Å². The molecule has 0 atom stereocenters. The third kappa shape index (κ3) is 2.61. The van der Waals surface area contributed by atoms with E-state index in [1.54, 1.807) is 29.2 Å². The van der Waals surface area contributed by atoms with Gasteiger partial charge in [-0.2, -0.15) is 0 Å². The lowest BCUT2D eigenvalue weighted by Gasteiger charge is -2.19. The summed E-state index contributed by atoms with van der Waals surface area (Å²) < 4.78 is 0. The van der Waals surface area contributed by atoms with E-state index in [-0.39, 0.29) is 6.03 Å². The van der Waals surface area contributed by atoms with Crippen molar-refractivity contribution in [1.29, 1.82) is 0 Å². The number of carbonyl (C=O) groups is 2. The number of aliphatic carboxylic acids is 1. The quantitative estimate of drug-likeness (QED) is 0.868. The lowest BCUT2D eigenvalue weighted by atomic mass is 9.96. The van der Waals surface area contributed by atoms with Crippen LogP contribution >= 0.6 is 0 Å². The Balaban J connectivity index is 2.06. The molecule has 0 radical (unpaired) electrons. The van der Waals surface area contributed by atoms with Crippen LogP contribution in [0.25, 0.3) is 0 Å². The second kappa shape index (κ2) is 5.53. The highest BCUT2D eigenvalue weighted by Gasteiger charge is 2.51. The number of hydrogen-bond donors (Lipinski definition) is 2. The van der Waals surface area contributed by atoms with Crippen LogP contribution in [0.4, 0.5) is 10.5 Å². The van der Waals surface area contributed by atoms with E-state index in [0.29, 0.717) is 31.6 Å². The fraction of sp³-hybridized carbons (Fsp3) is 0.467. The average Bonchev–Trinajstić information content (AvgIpc) is 3.22. The molecular formula is C15H20N2O3. The van der Waals surface area contributed by atoms with Gasteiger partial charge in [0.05, 0.1) is 5.41 Å². The molecule has 1 aromatic carbocycles. The zero-order valence-corrected chi connectivity index (χ0v) is 11.8. The molecule has 1 saturated carbocycles. The number of nitrogens with one attached hydrogen (secondary N) is 1. The maximum absolute atomic E-state index is 11.9. The van der Waals surface area contributed by atoms with Gasteiger partial charge in [0.1, 0.15) is 0 Å². The third-order valence-electron chi connectivity index (χ3n) is 3.90. The Bertz CT molecular complexity index is 502. The Morgan fingerprint density at radius 3 is 2.15 bits per heavy atom. The van der Waals surface area contributed by atoms with Gasteiger partial charge in [-0.25, -0.2) is 4.79 Å². The van der Waals surface area contributed by atoms with E-state index in [9.17, 15) is 14.7 Å². The van der Waals surface area contributed by atoms with Crippen LogP contribution in [0.2, 0.25) is 0 Å². The molecule has 0 unspecified atom stereocenters. The Hall–Kier alpha value is -2.04. The van der Waals surface area contributed by atoms with Gasteiger partial charge in [-0.15, -0.1) is 0 Å². The molecule has 0 saturated heterocycles. The van der Waals surface area contributed by atoms with Crippen LogP contribution < -0.4 is 5.32 Å². The lowest BCUT2D eigenvalue weighted by molar-refractivity contribution is -0.140. The average molecular weight is 276 g/mol. The number of rotatable bonds is 5. The van der Waals surface area contributed by atoms with E-state index in [1.807, 2.05) is 13.8 Å². The molecule has 5 nitrogen and oxygen atoms in total. The predicted octanol–water partition coefficient (Wildman–Crippen LogP) is 2.68. The van der Waals surface area contributed by atoms with E-state index in [2.05, 4.69) is 5.32 Å². The summed E-state index contributed by atoms with van der Waals surface area (Å²) in [6.07, 6.45) is 1.38. The molecule has 0 aliphatic heterocycles. The van der Waals surface area contributed by atoms with Gasteiger partial charge in [-0.05, 0) is 44.4 Å². The molecule has 2 N–H and O–H groups in total. The maximum atomic E-state index is 11.9. The van der Waals surface area contributed by atoms with Gasteiger partial charge in [0.2, 0.25) is 0 Å². The summed E-state index contributed by atoms with van der Waals surface area (Å²) in [4.78, 5) is 24.8. The lowest BCUT2D eigenvalue weighted by Crippen LogP contribution is -2.34. The number of carboxylic acid groups (broad SMARTS) is 1. The van der Waals surface area contributed by atoms with E-state index in [4.69, 9.17) is 0 Å². The molecule has 1 aliphatic carbocycles. The van der Waals surface area contributed by atoms with Crippen LogP contribution in [-0.2, 0) is 10.2 Å². The summed E-state index contributed by atoms with van der Waals surface area (Å²) in [5.41, 5.74) is 0.805. The van der Waals surface area contributed by atoms with Crippen molar-refractivity contribution >= 4 is 17.7 Å². The van der Waals surface area contributed by atoms with Gasteiger partial charge in [-0.3, -0.25) is 4.79 Å². The number of carboxylic acids is 1. The predicted molar refractivity (Wildman–Crippen MR) is 76.9 cm³/mol. The summed E-state index contributed by atoms with van der Waals surface area (Å²) in [6.45, 7) is 5.16. The van der Waals surface area contributed by atoms with Gasteiger partial charge < -0.3 is 15.3 Å². The number of carbonyl (C=O) groups excluding carboxylic acids is 1. The van der Waals surface area contributed by atoms with Gasteiger partial charge in [0, 0.05) is 18.8 Å². The number of urea groups is 1. The molecular weight excluding hydrogens is 256 g/mol. The van der Waals surface area contributed by atoms with Crippen molar-refractivity contribution in [2.24, 2.45) is 0 Å². The Labute approximate surface area is 118 Å². The topological polar surface area (TPSA) is 69.6 Å². The number of nitrogens with zero attached hydrogens (tertiary/aromatic N) is 1. The molecule has 108 valence electrons. The molecule has 1 aliphatic rings. The monoisotopic (exact) mass is 276 g/mol. The minimum atomic E-state index is -0.766. The van der Waals surface area contributed by atoms with Crippen LogP contribution in [0.1, 0.15) is 32.3 Å². The van der Waals surface area contributed by atoms with Crippen LogP contribution in [0.15, 0.2) is 24.3 Å². The van der Waals surface area contributed by atoms with Crippen LogP contribution in [0, 0.1) is 0 Å². The van der Waals surface area contributed by atoms with Crippen molar-refractivity contribution < 1.29 is 14.7 Å². The first-order valence-electron chi connectivity index (χ1n) is 6.93. The standard InChI is InChI=1S/C15H20N2O3/c1-3-17(4-2)14(20)16-12-7-5-11(6-8-12)15(9-10-15)13(18)19/h5-8H,3-4,9-10H2,1-2H3,(H,16,20)(H,18,19). The molecule has 5 heteroatoms. The fourth-order valence-corrected chi connectivity index (χ4v) is 2.34. The highest BCUT2D eigenvalue weighted by atomic mass is 16.4. The van der Waals surface area contributed by atoms with E-state index >= 15 is 0 Å². The molecule has 0 heterocycles. The van der Waals surface area contributed by atoms with Crippen molar-refractivity contribution in [2.45, 2.75) is 32.1 Å². The first-order chi connectivity index (χ1) is 9.53. The van der Waals surface area contributed by atoms with Crippen molar-refractivity contribution in [2.75, 3.05) is 18.4 Å². The highest BCUT2D eigenvalue weighted by Crippen LogP contribution is 2.48. The molecule has 2 amide bonds. The molecule has 0 bridgehead atoms.